The molecule has 6 heteroatoms. The molecule has 0 unspecified atom stereocenters. The number of aliphatic hydroxyl groups is 1. The van der Waals surface area contributed by atoms with Crippen LogP contribution in [0.4, 0.5) is 0 Å². The molecule has 0 heterocycles. The summed E-state index contributed by atoms with van der Waals surface area (Å²) in [5.41, 5.74) is 0.565. The number of carbonyl (C=O) groups excluding carboxylic acids is 2. The average molecular weight is 290 g/mol. The summed E-state index contributed by atoms with van der Waals surface area (Å²) in [4.78, 5) is 22.3. The van der Waals surface area contributed by atoms with Crippen molar-refractivity contribution in [1.29, 1.82) is 0 Å². The third kappa shape index (κ3) is 5.33. The third-order valence-electron chi connectivity index (χ3n) is 2.21. The molecule has 0 bridgehead atoms. The Bertz CT molecular complexity index is 548. The number of phenolic OH excluding ortho intramolecular Hbond substituents is 1. The van der Waals surface area contributed by atoms with Crippen LogP contribution in [0.3, 0.4) is 0 Å². The summed E-state index contributed by atoms with van der Waals surface area (Å²) in [5, 5.41) is 19.2. The lowest BCUT2D eigenvalue weighted by atomic mass is 10.2. The van der Waals surface area contributed by atoms with Gasteiger partial charge in [-0.25, -0.2) is 9.59 Å². The van der Waals surface area contributed by atoms with Gasteiger partial charge in [-0.3, -0.25) is 0 Å². The third-order valence-corrected chi connectivity index (χ3v) is 2.21. The topological polar surface area (TPSA) is 93.1 Å². The summed E-state index contributed by atoms with van der Waals surface area (Å²) in [6.07, 6.45) is 3.91. The fourth-order valence-corrected chi connectivity index (χ4v) is 1.25. The SMILES string of the molecule is C=CC(=O)OC(O)(/C=C/c1ccc(O)cc1)OC(=O)C=C. The second-order valence-corrected chi connectivity index (χ2v) is 3.81. The minimum atomic E-state index is -2.59. The zero-order chi connectivity index (χ0) is 15.9. The number of aromatic hydroxyl groups is 1. The molecule has 0 aliphatic heterocycles. The normalized spacial score (nSPS) is 10.9. The summed E-state index contributed by atoms with van der Waals surface area (Å²) >= 11 is 0. The van der Waals surface area contributed by atoms with Gasteiger partial charge in [-0.15, -0.1) is 0 Å². The zero-order valence-electron chi connectivity index (χ0n) is 11.1. The largest absolute Gasteiger partial charge is 0.508 e. The van der Waals surface area contributed by atoms with Crippen LogP contribution in [0.2, 0.25) is 0 Å². The Balaban J connectivity index is 2.97. The lowest BCUT2D eigenvalue weighted by Crippen LogP contribution is -2.37. The molecule has 0 atom stereocenters. The Morgan fingerprint density at radius 2 is 1.52 bits per heavy atom. The van der Waals surface area contributed by atoms with E-state index in [9.17, 15) is 14.7 Å². The summed E-state index contributed by atoms with van der Waals surface area (Å²) in [6, 6.07) is 5.92. The minimum absolute atomic E-state index is 0.0681. The van der Waals surface area contributed by atoms with Gasteiger partial charge >= 0.3 is 17.9 Å². The molecular weight excluding hydrogens is 276 g/mol. The maximum absolute atomic E-state index is 11.2. The van der Waals surface area contributed by atoms with Crippen LogP contribution in [0.15, 0.2) is 55.7 Å². The summed E-state index contributed by atoms with van der Waals surface area (Å²) in [5.74, 6) is -4.48. The van der Waals surface area contributed by atoms with Gasteiger partial charge in [-0.1, -0.05) is 25.3 Å². The van der Waals surface area contributed by atoms with Gasteiger partial charge in [0.15, 0.2) is 0 Å². The van der Waals surface area contributed by atoms with Gasteiger partial charge in [0.1, 0.15) is 5.75 Å². The van der Waals surface area contributed by atoms with E-state index in [0.717, 1.165) is 18.2 Å². The van der Waals surface area contributed by atoms with Crippen molar-refractivity contribution in [3.8, 4) is 5.75 Å². The monoisotopic (exact) mass is 290 g/mol. The molecule has 0 spiro atoms. The molecule has 6 nitrogen and oxygen atoms in total. The molecule has 0 saturated carbocycles. The molecule has 1 aromatic carbocycles. The number of esters is 2. The molecule has 1 rings (SSSR count). The molecule has 21 heavy (non-hydrogen) atoms. The van der Waals surface area contributed by atoms with Crippen molar-refractivity contribution in [2.75, 3.05) is 0 Å². The number of phenols is 1. The number of ether oxygens (including phenoxy) is 2. The van der Waals surface area contributed by atoms with Crippen molar-refractivity contribution < 1.29 is 29.3 Å². The number of carbonyl (C=O) groups is 2. The van der Waals surface area contributed by atoms with E-state index in [0.29, 0.717) is 5.56 Å². The summed E-state index contributed by atoms with van der Waals surface area (Å²) < 4.78 is 9.15. The minimum Gasteiger partial charge on any atom is -0.508 e. The first kappa shape index (κ1) is 16.2. The predicted molar refractivity (Wildman–Crippen MR) is 74.7 cm³/mol. The molecular formula is C15H14O6. The Morgan fingerprint density at radius 3 is 1.95 bits per heavy atom. The van der Waals surface area contributed by atoms with Crippen LogP contribution in [-0.4, -0.2) is 28.1 Å². The van der Waals surface area contributed by atoms with Gasteiger partial charge in [-0.05, 0) is 23.8 Å². The highest BCUT2D eigenvalue weighted by atomic mass is 16.8. The van der Waals surface area contributed by atoms with Crippen LogP contribution in [0.1, 0.15) is 5.56 Å². The standard InChI is InChI=1S/C15H14O6/c1-3-13(17)20-15(19,21-14(18)4-2)10-9-11-5-7-12(16)8-6-11/h3-10,16,19H,1-2H2/b10-9+. The molecule has 0 aromatic heterocycles. The maximum atomic E-state index is 11.2. The van der Waals surface area contributed by atoms with Gasteiger partial charge in [0.05, 0.1) is 0 Å². The Hall–Kier alpha value is -2.86. The first-order valence-electron chi connectivity index (χ1n) is 5.80. The van der Waals surface area contributed by atoms with Gasteiger partial charge < -0.3 is 19.7 Å². The van der Waals surface area contributed by atoms with Crippen LogP contribution in [0.25, 0.3) is 6.08 Å². The second-order valence-electron chi connectivity index (χ2n) is 3.81. The molecule has 1 aromatic rings. The molecule has 2 N–H and O–H groups in total. The average Bonchev–Trinajstić information content (AvgIpc) is 2.46. The van der Waals surface area contributed by atoms with Crippen LogP contribution < -0.4 is 0 Å². The van der Waals surface area contributed by atoms with Gasteiger partial charge in [0.25, 0.3) is 0 Å². The number of rotatable bonds is 6. The number of benzene rings is 1. The van der Waals surface area contributed by atoms with Gasteiger partial charge in [-0.2, -0.15) is 0 Å². The second kappa shape index (κ2) is 7.06. The van der Waals surface area contributed by atoms with Crippen LogP contribution in [0, 0.1) is 0 Å². The van der Waals surface area contributed by atoms with Crippen molar-refractivity contribution in [1.82, 2.24) is 0 Å². The Morgan fingerprint density at radius 1 is 1.05 bits per heavy atom. The van der Waals surface area contributed by atoms with E-state index in [1.54, 1.807) is 0 Å². The number of hydrogen-bond acceptors (Lipinski definition) is 6. The van der Waals surface area contributed by atoms with E-state index in [1.807, 2.05) is 0 Å². The van der Waals surface area contributed by atoms with Crippen molar-refractivity contribution in [3.05, 3.63) is 61.2 Å². The predicted octanol–water partition coefficient (Wildman–Crippen LogP) is 1.51. The Labute approximate surface area is 121 Å². The highest BCUT2D eigenvalue weighted by Gasteiger charge is 2.32. The van der Waals surface area contributed by atoms with Crippen molar-refractivity contribution in [2.24, 2.45) is 0 Å². The van der Waals surface area contributed by atoms with Crippen LogP contribution >= 0.6 is 0 Å². The smallest absolute Gasteiger partial charge is 0.396 e. The highest BCUT2D eigenvalue weighted by molar-refractivity contribution is 5.83. The van der Waals surface area contributed by atoms with Crippen molar-refractivity contribution in [2.45, 2.75) is 5.97 Å². The van der Waals surface area contributed by atoms with Crippen LogP contribution in [-0.2, 0) is 19.1 Å². The van der Waals surface area contributed by atoms with E-state index in [1.165, 1.54) is 30.3 Å². The summed E-state index contributed by atoms with van der Waals surface area (Å²) in [6.45, 7) is 6.35. The van der Waals surface area contributed by atoms with E-state index < -0.39 is 17.9 Å². The molecule has 0 aliphatic rings. The zero-order valence-corrected chi connectivity index (χ0v) is 11.1. The fourth-order valence-electron chi connectivity index (χ4n) is 1.25. The highest BCUT2D eigenvalue weighted by Crippen LogP contribution is 2.17. The van der Waals surface area contributed by atoms with E-state index in [4.69, 9.17) is 5.11 Å². The van der Waals surface area contributed by atoms with E-state index >= 15 is 0 Å². The van der Waals surface area contributed by atoms with Crippen molar-refractivity contribution >= 4 is 18.0 Å². The first-order valence-corrected chi connectivity index (χ1v) is 5.80. The number of hydrogen-bond donors (Lipinski definition) is 2. The quantitative estimate of drug-likeness (QED) is 0.468. The van der Waals surface area contributed by atoms with Gasteiger partial charge in [0, 0.05) is 18.2 Å². The summed E-state index contributed by atoms with van der Waals surface area (Å²) in [7, 11) is 0. The lowest BCUT2D eigenvalue weighted by Gasteiger charge is -2.22. The lowest BCUT2D eigenvalue weighted by molar-refractivity contribution is -0.290. The Kier molecular flexibility index (Phi) is 5.45. The van der Waals surface area contributed by atoms with Crippen molar-refractivity contribution in [3.63, 3.8) is 0 Å². The maximum Gasteiger partial charge on any atom is 0.396 e. The van der Waals surface area contributed by atoms with E-state index in [2.05, 4.69) is 22.6 Å². The molecule has 0 amide bonds. The molecule has 0 radical (unpaired) electrons. The molecule has 0 fully saturated rings. The fraction of sp³-hybridized carbons (Fsp3) is 0.0667. The van der Waals surface area contributed by atoms with Crippen LogP contribution in [0.5, 0.6) is 5.75 Å². The molecule has 0 saturated heterocycles. The first-order chi connectivity index (χ1) is 9.88. The molecule has 110 valence electrons. The van der Waals surface area contributed by atoms with Gasteiger partial charge in [0.2, 0.25) is 0 Å². The van der Waals surface area contributed by atoms with E-state index in [-0.39, 0.29) is 5.75 Å². The molecule has 0 aliphatic carbocycles.